The number of esters is 1. The Morgan fingerprint density at radius 3 is 2.94 bits per heavy atom. The van der Waals surface area contributed by atoms with E-state index in [1.54, 1.807) is 4.90 Å². The number of thiophene rings is 1. The van der Waals surface area contributed by atoms with Gasteiger partial charge in [-0.25, -0.2) is 9.59 Å². The zero-order valence-corrected chi connectivity index (χ0v) is 9.89. The van der Waals surface area contributed by atoms with Crippen LogP contribution in [-0.2, 0) is 4.74 Å². The highest BCUT2D eigenvalue weighted by atomic mass is 32.1. The van der Waals surface area contributed by atoms with Gasteiger partial charge in [-0.15, -0.1) is 11.3 Å². The number of amides is 2. The van der Waals surface area contributed by atoms with Crippen molar-refractivity contribution in [3.8, 4) is 0 Å². The molecule has 0 radical (unpaired) electrons. The summed E-state index contributed by atoms with van der Waals surface area (Å²) in [4.78, 5) is 25.2. The lowest BCUT2D eigenvalue weighted by Crippen LogP contribution is -2.29. The Bertz CT molecular complexity index is 441. The number of hydrogen-bond acceptors (Lipinski definition) is 4. The van der Waals surface area contributed by atoms with Gasteiger partial charge in [0.05, 0.1) is 12.8 Å². The topological polar surface area (TPSA) is 58.6 Å². The van der Waals surface area contributed by atoms with Crippen molar-refractivity contribution < 1.29 is 14.3 Å². The first kappa shape index (κ1) is 10.9. The molecule has 2 heterocycles. The number of nitrogens with one attached hydrogen (secondary N) is 1. The van der Waals surface area contributed by atoms with Gasteiger partial charge in [-0.05, 0) is 17.9 Å². The standard InChI is InChI=1S/C10H12N2O3S/c1-6-5-16-8(9(13)15-2)7(6)12-4-3-11-10(12)14/h5H,3-4H2,1-2H3,(H,11,14). The molecule has 1 aromatic heterocycles. The van der Waals surface area contributed by atoms with Crippen molar-refractivity contribution in [2.75, 3.05) is 25.1 Å². The largest absolute Gasteiger partial charge is 0.465 e. The van der Waals surface area contributed by atoms with Gasteiger partial charge in [0.15, 0.2) is 0 Å². The summed E-state index contributed by atoms with van der Waals surface area (Å²) in [6, 6.07) is -0.161. The summed E-state index contributed by atoms with van der Waals surface area (Å²) >= 11 is 1.30. The van der Waals surface area contributed by atoms with E-state index in [0.717, 1.165) is 5.56 Å². The number of ether oxygens (including phenoxy) is 1. The monoisotopic (exact) mass is 240 g/mol. The van der Waals surface area contributed by atoms with Crippen LogP contribution in [0.3, 0.4) is 0 Å². The number of rotatable bonds is 2. The second-order valence-electron chi connectivity index (χ2n) is 3.47. The molecule has 1 N–H and O–H groups in total. The molecule has 0 aliphatic carbocycles. The fourth-order valence-corrected chi connectivity index (χ4v) is 2.66. The van der Waals surface area contributed by atoms with Gasteiger partial charge in [0, 0.05) is 13.1 Å². The molecule has 0 atom stereocenters. The Morgan fingerprint density at radius 2 is 2.38 bits per heavy atom. The molecule has 1 aliphatic heterocycles. The fraction of sp³-hybridized carbons (Fsp3) is 0.400. The highest BCUT2D eigenvalue weighted by molar-refractivity contribution is 7.12. The zero-order chi connectivity index (χ0) is 11.7. The molecule has 2 amide bonds. The average molecular weight is 240 g/mol. The molecular weight excluding hydrogens is 228 g/mol. The highest BCUT2D eigenvalue weighted by Crippen LogP contribution is 2.32. The second-order valence-corrected chi connectivity index (χ2v) is 4.35. The molecule has 5 nitrogen and oxygen atoms in total. The van der Waals surface area contributed by atoms with E-state index in [4.69, 9.17) is 4.74 Å². The molecule has 1 saturated heterocycles. The van der Waals surface area contributed by atoms with E-state index in [9.17, 15) is 9.59 Å². The molecule has 0 spiro atoms. The Morgan fingerprint density at radius 1 is 1.62 bits per heavy atom. The summed E-state index contributed by atoms with van der Waals surface area (Å²) in [5, 5.41) is 4.56. The molecule has 2 rings (SSSR count). The van der Waals surface area contributed by atoms with Gasteiger partial charge in [0.25, 0.3) is 0 Å². The Balaban J connectivity index is 2.42. The molecule has 1 fully saturated rings. The van der Waals surface area contributed by atoms with Crippen molar-refractivity contribution in [1.29, 1.82) is 0 Å². The maximum Gasteiger partial charge on any atom is 0.350 e. The van der Waals surface area contributed by atoms with Crippen LogP contribution in [0.1, 0.15) is 15.2 Å². The van der Waals surface area contributed by atoms with Crippen LogP contribution in [0, 0.1) is 6.92 Å². The van der Waals surface area contributed by atoms with E-state index >= 15 is 0 Å². The normalized spacial score (nSPS) is 15.1. The number of urea groups is 1. The minimum atomic E-state index is -0.396. The number of hydrogen-bond donors (Lipinski definition) is 1. The lowest BCUT2D eigenvalue weighted by atomic mass is 10.2. The number of aryl methyl sites for hydroxylation is 1. The van der Waals surface area contributed by atoms with E-state index in [0.29, 0.717) is 23.7 Å². The maximum absolute atomic E-state index is 11.6. The van der Waals surface area contributed by atoms with Crippen molar-refractivity contribution >= 4 is 29.0 Å². The summed E-state index contributed by atoms with van der Waals surface area (Å²) in [7, 11) is 1.34. The number of anilines is 1. The Hall–Kier alpha value is -1.56. The van der Waals surface area contributed by atoms with Crippen LogP contribution >= 0.6 is 11.3 Å². The fourth-order valence-electron chi connectivity index (χ4n) is 1.70. The molecule has 0 aromatic carbocycles. The summed E-state index contributed by atoms with van der Waals surface area (Å²) in [6.45, 7) is 3.07. The summed E-state index contributed by atoms with van der Waals surface area (Å²) in [6.07, 6.45) is 0. The van der Waals surface area contributed by atoms with Crippen molar-refractivity contribution in [2.45, 2.75) is 6.92 Å². The minimum absolute atomic E-state index is 0.161. The number of methoxy groups -OCH3 is 1. The predicted octanol–water partition coefficient (Wildman–Crippen LogP) is 1.37. The van der Waals surface area contributed by atoms with Crippen LogP contribution in [0.25, 0.3) is 0 Å². The van der Waals surface area contributed by atoms with Crippen LogP contribution in [0.5, 0.6) is 0 Å². The third-order valence-electron chi connectivity index (χ3n) is 2.44. The molecular formula is C10H12N2O3S. The number of carbonyl (C=O) groups is 2. The lowest BCUT2D eigenvalue weighted by Gasteiger charge is -2.15. The first-order valence-corrected chi connectivity index (χ1v) is 5.75. The quantitative estimate of drug-likeness (QED) is 0.794. The van der Waals surface area contributed by atoms with E-state index in [-0.39, 0.29) is 6.03 Å². The predicted molar refractivity (Wildman–Crippen MR) is 61.1 cm³/mol. The average Bonchev–Trinajstić information content (AvgIpc) is 2.83. The Labute approximate surface area is 97.0 Å². The van der Waals surface area contributed by atoms with Gasteiger partial charge in [-0.2, -0.15) is 0 Å². The van der Waals surface area contributed by atoms with Crippen LogP contribution in [0.15, 0.2) is 5.38 Å². The third kappa shape index (κ3) is 1.65. The van der Waals surface area contributed by atoms with Gasteiger partial charge in [-0.1, -0.05) is 0 Å². The molecule has 0 bridgehead atoms. The minimum Gasteiger partial charge on any atom is -0.465 e. The lowest BCUT2D eigenvalue weighted by molar-refractivity contribution is 0.0607. The van der Waals surface area contributed by atoms with Gasteiger partial charge in [0.2, 0.25) is 0 Å². The van der Waals surface area contributed by atoms with Crippen molar-refractivity contribution in [3.63, 3.8) is 0 Å². The van der Waals surface area contributed by atoms with E-state index in [1.807, 2.05) is 12.3 Å². The molecule has 1 aliphatic rings. The van der Waals surface area contributed by atoms with Gasteiger partial charge in [-0.3, -0.25) is 4.90 Å². The maximum atomic E-state index is 11.6. The molecule has 86 valence electrons. The molecule has 0 saturated carbocycles. The third-order valence-corrected chi connectivity index (χ3v) is 3.51. The van der Waals surface area contributed by atoms with Crippen LogP contribution in [0.2, 0.25) is 0 Å². The SMILES string of the molecule is COC(=O)c1scc(C)c1N1CCNC1=O. The van der Waals surface area contributed by atoms with E-state index in [1.165, 1.54) is 18.4 Å². The molecule has 6 heteroatoms. The van der Waals surface area contributed by atoms with Gasteiger partial charge in [0.1, 0.15) is 4.88 Å². The van der Waals surface area contributed by atoms with Crippen molar-refractivity contribution in [2.24, 2.45) is 0 Å². The van der Waals surface area contributed by atoms with E-state index < -0.39 is 5.97 Å². The first-order valence-electron chi connectivity index (χ1n) is 4.87. The number of carbonyl (C=O) groups excluding carboxylic acids is 2. The second kappa shape index (κ2) is 4.13. The summed E-state index contributed by atoms with van der Waals surface area (Å²) < 4.78 is 4.70. The summed E-state index contributed by atoms with van der Waals surface area (Å²) in [5.41, 5.74) is 1.59. The van der Waals surface area contributed by atoms with Gasteiger partial charge < -0.3 is 10.1 Å². The van der Waals surface area contributed by atoms with Crippen LogP contribution < -0.4 is 10.2 Å². The van der Waals surface area contributed by atoms with Crippen LogP contribution in [0.4, 0.5) is 10.5 Å². The van der Waals surface area contributed by atoms with Gasteiger partial charge >= 0.3 is 12.0 Å². The summed E-state index contributed by atoms with van der Waals surface area (Å²) in [5.74, 6) is -0.396. The zero-order valence-electron chi connectivity index (χ0n) is 9.07. The molecule has 1 aromatic rings. The van der Waals surface area contributed by atoms with Crippen LogP contribution in [-0.4, -0.2) is 32.2 Å². The van der Waals surface area contributed by atoms with E-state index in [2.05, 4.69) is 5.32 Å². The van der Waals surface area contributed by atoms with Crippen molar-refractivity contribution in [1.82, 2.24) is 5.32 Å². The smallest absolute Gasteiger partial charge is 0.350 e. The molecule has 16 heavy (non-hydrogen) atoms. The number of nitrogens with zero attached hydrogens (tertiary/aromatic N) is 1. The Kier molecular flexibility index (Phi) is 2.82. The first-order chi connectivity index (χ1) is 7.65. The highest BCUT2D eigenvalue weighted by Gasteiger charge is 2.28. The van der Waals surface area contributed by atoms with Crippen molar-refractivity contribution in [3.05, 3.63) is 15.8 Å². The molecule has 0 unspecified atom stereocenters.